The molecule has 0 bridgehead atoms. The third kappa shape index (κ3) is 6.31. The fraction of sp³-hybridized carbons (Fsp3) is 0.167. The van der Waals surface area contributed by atoms with Crippen molar-refractivity contribution in [3.63, 3.8) is 0 Å². The molecule has 3 rings (SSSR count). The maximum Gasteiger partial charge on any atom is 0.264 e. The molecule has 11 heteroatoms. The molecule has 35 heavy (non-hydrogen) atoms. The van der Waals surface area contributed by atoms with E-state index in [0.29, 0.717) is 33.0 Å². The highest BCUT2D eigenvalue weighted by Gasteiger charge is 2.27. The number of anilines is 1. The normalized spacial score (nSPS) is 11.2. The SMILES string of the molecule is COc1ccc(S(=O)(=O)N(CC(=O)N/N=C\c2cc(Br)c(OC)c(OC)c2)c2ccccc2)cc1. The summed E-state index contributed by atoms with van der Waals surface area (Å²) in [6, 6.07) is 17.7. The fourth-order valence-corrected chi connectivity index (χ4v) is 5.18. The van der Waals surface area contributed by atoms with Gasteiger partial charge in [-0.25, -0.2) is 13.8 Å². The van der Waals surface area contributed by atoms with Gasteiger partial charge in [0.05, 0.1) is 42.6 Å². The first kappa shape index (κ1) is 26.0. The highest BCUT2D eigenvalue weighted by molar-refractivity contribution is 9.10. The lowest BCUT2D eigenvalue weighted by molar-refractivity contribution is -0.119. The van der Waals surface area contributed by atoms with Gasteiger partial charge in [-0.2, -0.15) is 5.10 Å². The van der Waals surface area contributed by atoms with Gasteiger partial charge in [0.25, 0.3) is 15.9 Å². The van der Waals surface area contributed by atoms with Crippen LogP contribution >= 0.6 is 15.9 Å². The van der Waals surface area contributed by atoms with E-state index < -0.39 is 22.5 Å². The molecule has 0 aromatic heterocycles. The number of sulfonamides is 1. The largest absolute Gasteiger partial charge is 0.497 e. The van der Waals surface area contributed by atoms with E-state index in [2.05, 4.69) is 26.5 Å². The van der Waals surface area contributed by atoms with Crippen molar-refractivity contribution in [2.45, 2.75) is 4.90 Å². The number of methoxy groups -OCH3 is 3. The van der Waals surface area contributed by atoms with Crippen LogP contribution in [0.1, 0.15) is 5.56 Å². The molecular weight excluding hydrogens is 538 g/mol. The Kier molecular flexibility index (Phi) is 8.72. The van der Waals surface area contributed by atoms with E-state index in [1.807, 2.05) is 0 Å². The summed E-state index contributed by atoms with van der Waals surface area (Å²) in [5.74, 6) is 0.900. The zero-order valence-electron chi connectivity index (χ0n) is 19.3. The predicted octanol–water partition coefficient (Wildman–Crippen LogP) is 3.82. The summed E-state index contributed by atoms with van der Waals surface area (Å²) in [6.45, 7) is -0.481. The van der Waals surface area contributed by atoms with Crippen molar-refractivity contribution in [3.8, 4) is 17.2 Å². The molecule has 9 nitrogen and oxygen atoms in total. The highest BCUT2D eigenvalue weighted by atomic mass is 79.9. The van der Waals surface area contributed by atoms with E-state index in [1.165, 1.54) is 39.7 Å². The molecule has 1 N–H and O–H groups in total. The number of amides is 1. The molecule has 3 aromatic carbocycles. The smallest absolute Gasteiger partial charge is 0.264 e. The number of para-hydroxylation sites is 1. The number of nitrogens with zero attached hydrogens (tertiary/aromatic N) is 2. The number of carbonyl (C=O) groups is 1. The number of nitrogens with one attached hydrogen (secondary N) is 1. The van der Waals surface area contributed by atoms with E-state index in [9.17, 15) is 13.2 Å². The maximum absolute atomic E-state index is 13.4. The van der Waals surface area contributed by atoms with Gasteiger partial charge in [0.15, 0.2) is 11.5 Å². The quantitative estimate of drug-likeness (QED) is 0.298. The van der Waals surface area contributed by atoms with Gasteiger partial charge in [0.2, 0.25) is 0 Å². The number of rotatable bonds is 10. The number of benzene rings is 3. The van der Waals surface area contributed by atoms with Crippen molar-refractivity contribution in [1.29, 1.82) is 0 Å². The molecule has 3 aromatic rings. The van der Waals surface area contributed by atoms with Gasteiger partial charge in [0.1, 0.15) is 12.3 Å². The zero-order valence-corrected chi connectivity index (χ0v) is 21.7. The average molecular weight is 562 g/mol. The van der Waals surface area contributed by atoms with Crippen LogP contribution in [0.5, 0.6) is 17.2 Å². The van der Waals surface area contributed by atoms with Crippen LogP contribution in [0.3, 0.4) is 0 Å². The molecule has 0 unspecified atom stereocenters. The van der Waals surface area contributed by atoms with E-state index in [4.69, 9.17) is 14.2 Å². The number of halogens is 1. The summed E-state index contributed by atoms with van der Waals surface area (Å²) in [7, 11) is 0.477. The number of hydrogen-bond donors (Lipinski definition) is 1. The van der Waals surface area contributed by atoms with Crippen LogP contribution in [0, 0.1) is 0 Å². The lowest BCUT2D eigenvalue weighted by Gasteiger charge is -2.23. The predicted molar refractivity (Wildman–Crippen MR) is 137 cm³/mol. The Morgan fingerprint density at radius 1 is 1.00 bits per heavy atom. The number of hydrogen-bond acceptors (Lipinski definition) is 7. The molecule has 184 valence electrons. The molecular formula is C24H24BrN3O6S. The van der Waals surface area contributed by atoms with Crippen molar-refractivity contribution in [2.75, 3.05) is 32.2 Å². The Balaban J connectivity index is 1.81. The molecule has 0 aliphatic rings. The van der Waals surface area contributed by atoms with E-state index in [0.717, 1.165) is 4.31 Å². The van der Waals surface area contributed by atoms with Crippen molar-refractivity contribution in [2.24, 2.45) is 5.10 Å². The summed E-state index contributed by atoms with van der Waals surface area (Å²) in [5, 5.41) is 3.96. The molecule has 0 heterocycles. The maximum atomic E-state index is 13.4. The van der Waals surface area contributed by atoms with Gasteiger partial charge >= 0.3 is 0 Å². The van der Waals surface area contributed by atoms with Crippen molar-refractivity contribution >= 4 is 43.8 Å². The van der Waals surface area contributed by atoms with Crippen LogP contribution in [0.2, 0.25) is 0 Å². The first-order valence-electron chi connectivity index (χ1n) is 10.3. The molecule has 0 saturated carbocycles. The Hall–Kier alpha value is -3.57. The molecule has 1 amide bonds. The van der Waals surface area contributed by atoms with Gasteiger partial charge < -0.3 is 14.2 Å². The summed E-state index contributed by atoms with van der Waals surface area (Å²) < 4.78 is 44.1. The van der Waals surface area contributed by atoms with Crippen LogP contribution in [-0.2, 0) is 14.8 Å². The van der Waals surface area contributed by atoms with E-state index >= 15 is 0 Å². The lowest BCUT2D eigenvalue weighted by Crippen LogP contribution is -2.39. The highest BCUT2D eigenvalue weighted by Crippen LogP contribution is 2.35. The zero-order chi connectivity index (χ0) is 25.4. The first-order chi connectivity index (χ1) is 16.8. The van der Waals surface area contributed by atoms with Gasteiger partial charge in [-0.05, 0) is 70.0 Å². The Labute approximate surface area is 212 Å². The average Bonchev–Trinajstić information content (AvgIpc) is 2.87. The second-order valence-corrected chi connectivity index (χ2v) is 9.77. The Morgan fingerprint density at radius 2 is 1.69 bits per heavy atom. The molecule has 0 atom stereocenters. The van der Waals surface area contributed by atoms with Crippen LogP contribution in [0.4, 0.5) is 5.69 Å². The van der Waals surface area contributed by atoms with Gasteiger partial charge in [-0.1, -0.05) is 18.2 Å². The third-order valence-electron chi connectivity index (χ3n) is 4.84. The summed E-state index contributed by atoms with van der Waals surface area (Å²) in [6.07, 6.45) is 1.41. The van der Waals surface area contributed by atoms with Crippen molar-refractivity contribution in [1.82, 2.24) is 5.43 Å². The molecule has 0 fully saturated rings. The molecule has 0 aliphatic heterocycles. The second kappa shape index (κ2) is 11.7. The number of ether oxygens (including phenoxy) is 3. The fourth-order valence-electron chi connectivity index (χ4n) is 3.14. The monoisotopic (exact) mass is 561 g/mol. The third-order valence-corrected chi connectivity index (χ3v) is 7.21. The Morgan fingerprint density at radius 3 is 2.29 bits per heavy atom. The number of carbonyl (C=O) groups excluding carboxylic acids is 1. The molecule has 0 saturated heterocycles. The van der Waals surface area contributed by atoms with Crippen LogP contribution in [-0.4, -0.2) is 48.4 Å². The summed E-state index contributed by atoms with van der Waals surface area (Å²) >= 11 is 3.40. The number of hydrazone groups is 1. The van der Waals surface area contributed by atoms with Crippen LogP contribution in [0.15, 0.2) is 81.2 Å². The summed E-state index contributed by atoms with van der Waals surface area (Å²) in [5.41, 5.74) is 3.34. The minimum atomic E-state index is -4.05. The van der Waals surface area contributed by atoms with Crippen molar-refractivity contribution in [3.05, 3.63) is 76.8 Å². The molecule has 0 radical (unpaired) electrons. The van der Waals surface area contributed by atoms with Crippen LogP contribution in [0.25, 0.3) is 0 Å². The van der Waals surface area contributed by atoms with Gasteiger partial charge in [0, 0.05) is 0 Å². The van der Waals surface area contributed by atoms with Crippen LogP contribution < -0.4 is 23.9 Å². The standard InChI is InChI=1S/C24H24BrN3O6S/c1-32-19-9-11-20(12-10-19)35(30,31)28(18-7-5-4-6-8-18)16-23(29)27-26-15-17-13-21(25)24(34-3)22(14-17)33-2/h4-15H,16H2,1-3H3,(H,27,29)/b26-15-. The second-order valence-electron chi connectivity index (χ2n) is 7.05. The van der Waals surface area contributed by atoms with E-state index in [1.54, 1.807) is 54.6 Å². The minimum absolute atomic E-state index is 0.0219. The minimum Gasteiger partial charge on any atom is -0.497 e. The van der Waals surface area contributed by atoms with Gasteiger partial charge in [-0.15, -0.1) is 0 Å². The van der Waals surface area contributed by atoms with Gasteiger partial charge in [-0.3, -0.25) is 9.10 Å². The first-order valence-corrected chi connectivity index (χ1v) is 12.5. The molecule has 0 aliphatic carbocycles. The van der Waals surface area contributed by atoms with Crippen molar-refractivity contribution < 1.29 is 27.4 Å². The van der Waals surface area contributed by atoms with E-state index in [-0.39, 0.29) is 4.90 Å². The topological polar surface area (TPSA) is 107 Å². The lowest BCUT2D eigenvalue weighted by atomic mass is 10.2. The molecule has 0 spiro atoms. The Bertz CT molecular complexity index is 1300. The summed E-state index contributed by atoms with van der Waals surface area (Å²) in [4.78, 5) is 12.7.